The molecule has 0 bridgehead atoms. The van der Waals surface area contributed by atoms with Crippen LogP contribution in [0, 0.1) is 26.6 Å². The van der Waals surface area contributed by atoms with Gasteiger partial charge in [-0.15, -0.1) is 0 Å². The van der Waals surface area contributed by atoms with E-state index in [1.807, 2.05) is 72.1 Å². The predicted octanol–water partition coefficient (Wildman–Crippen LogP) is 6.86. The summed E-state index contributed by atoms with van der Waals surface area (Å²) in [4.78, 5) is 15.8. The molecule has 38 heavy (non-hydrogen) atoms. The van der Waals surface area contributed by atoms with Gasteiger partial charge in [0.2, 0.25) is 0 Å². The van der Waals surface area contributed by atoms with Gasteiger partial charge < -0.3 is 14.8 Å². The second-order valence-corrected chi connectivity index (χ2v) is 9.77. The summed E-state index contributed by atoms with van der Waals surface area (Å²) in [5.74, 6) is 0.549. The van der Waals surface area contributed by atoms with Crippen molar-refractivity contribution >= 4 is 11.7 Å². The van der Waals surface area contributed by atoms with Gasteiger partial charge in [-0.3, -0.25) is 0 Å². The lowest BCUT2D eigenvalue weighted by molar-refractivity contribution is 0.194. The van der Waals surface area contributed by atoms with Gasteiger partial charge in [0.1, 0.15) is 11.6 Å². The number of rotatable bonds is 3. The summed E-state index contributed by atoms with van der Waals surface area (Å²) >= 11 is 0. The highest BCUT2D eigenvalue weighted by molar-refractivity contribution is 5.90. The minimum absolute atomic E-state index is 0.314. The fourth-order valence-corrected chi connectivity index (χ4v) is 5.11. The van der Waals surface area contributed by atoms with Crippen molar-refractivity contribution in [2.24, 2.45) is 0 Å². The minimum Gasteiger partial charge on any atom is -0.308 e. The molecule has 1 aliphatic heterocycles. The van der Waals surface area contributed by atoms with E-state index >= 15 is 0 Å². The highest BCUT2D eigenvalue weighted by atomic mass is 19.1. The van der Waals surface area contributed by atoms with Crippen LogP contribution in [-0.4, -0.2) is 25.3 Å². The highest BCUT2D eigenvalue weighted by Crippen LogP contribution is 2.38. The number of aryl methyl sites for hydroxylation is 3. The SMILES string of the molecule is Cc1ccc([C@H]2c3cccn3-c3c(c(C)nn3-c3ccccc3)CN2C(=O)Nc2ccc(C)c(F)c2)cc1. The van der Waals surface area contributed by atoms with E-state index in [0.29, 0.717) is 17.8 Å². The maximum Gasteiger partial charge on any atom is 0.322 e. The van der Waals surface area contributed by atoms with Gasteiger partial charge in [0, 0.05) is 17.4 Å². The number of nitrogens with zero attached hydrogens (tertiary/aromatic N) is 4. The van der Waals surface area contributed by atoms with Crippen LogP contribution in [0.5, 0.6) is 0 Å². The number of hydrogen-bond acceptors (Lipinski definition) is 2. The van der Waals surface area contributed by atoms with Crippen molar-refractivity contribution in [2.75, 3.05) is 5.32 Å². The van der Waals surface area contributed by atoms with Crippen LogP contribution in [0.3, 0.4) is 0 Å². The Labute approximate surface area is 221 Å². The molecule has 190 valence electrons. The minimum atomic E-state index is -0.378. The lowest BCUT2D eigenvalue weighted by Crippen LogP contribution is -2.38. The molecule has 0 aliphatic carbocycles. The standard InChI is InChI=1S/C31H28FN5O/c1-20-11-14-23(15-12-20)29-28-10-7-17-35(28)30-26(22(3)34-37(30)25-8-5-4-6-9-25)19-36(29)31(38)33-24-16-13-21(2)27(32)18-24/h4-18,29H,19H2,1-3H3,(H,33,38)/t29-/m0/s1. The first kappa shape index (κ1) is 23.7. The Bertz CT molecular complexity index is 1640. The van der Waals surface area contributed by atoms with Crippen LogP contribution in [-0.2, 0) is 6.54 Å². The summed E-state index contributed by atoms with van der Waals surface area (Å²) in [6.45, 7) is 6.04. The molecule has 0 saturated carbocycles. The van der Waals surface area contributed by atoms with Crippen LogP contribution >= 0.6 is 0 Å². The van der Waals surface area contributed by atoms with Crippen molar-refractivity contribution < 1.29 is 9.18 Å². The molecule has 0 unspecified atom stereocenters. The number of hydrogen-bond donors (Lipinski definition) is 1. The summed E-state index contributed by atoms with van der Waals surface area (Å²) in [6.07, 6.45) is 2.02. The number of carbonyl (C=O) groups is 1. The van der Waals surface area contributed by atoms with Crippen LogP contribution < -0.4 is 5.32 Å². The largest absolute Gasteiger partial charge is 0.322 e. The highest BCUT2D eigenvalue weighted by Gasteiger charge is 2.36. The van der Waals surface area contributed by atoms with Crippen molar-refractivity contribution in [3.8, 4) is 11.5 Å². The second kappa shape index (κ2) is 9.34. The van der Waals surface area contributed by atoms with E-state index in [-0.39, 0.29) is 17.9 Å². The van der Waals surface area contributed by atoms with E-state index in [0.717, 1.165) is 39.6 Å². The van der Waals surface area contributed by atoms with Crippen molar-refractivity contribution in [3.05, 3.63) is 131 Å². The van der Waals surface area contributed by atoms with Crippen LogP contribution in [0.1, 0.15) is 39.7 Å². The Hall–Kier alpha value is -4.65. The number of para-hydroxylation sites is 1. The number of amides is 2. The molecule has 3 heterocycles. The van der Waals surface area contributed by atoms with Gasteiger partial charge in [-0.25, -0.2) is 13.9 Å². The van der Waals surface area contributed by atoms with Crippen LogP contribution in [0.15, 0.2) is 91.1 Å². The predicted molar refractivity (Wildman–Crippen MR) is 146 cm³/mol. The molecule has 7 heteroatoms. The molecular weight excluding hydrogens is 477 g/mol. The van der Waals surface area contributed by atoms with Gasteiger partial charge >= 0.3 is 6.03 Å². The molecular formula is C31H28FN5O. The fourth-order valence-electron chi connectivity index (χ4n) is 5.11. The maximum atomic E-state index is 14.3. The van der Waals surface area contributed by atoms with Crippen molar-refractivity contribution in [3.63, 3.8) is 0 Å². The molecule has 0 saturated heterocycles. The van der Waals surface area contributed by atoms with Gasteiger partial charge in [0.15, 0.2) is 0 Å². The van der Waals surface area contributed by atoms with Crippen LogP contribution in [0.4, 0.5) is 14.9 Å². The normalized spacial score (nSPS) is 14.5. The number of carbonyl (C=O) groups excluding carboxylic acids is 1. The van der Waals surface area contributed by atoms with Gasteiger partial charge in [-0.1, -0.05) is 54.1 Å². The summed E-state index contributed by atoms with van der Waals surface area (Å²) in [6, 6.07) is 26.3. The van der Waals surface area contributed by atoms with E-state index in [1.165, 1.54) is 6.07 Å². The van der Waals surface area contributed by atoms with Crippen molar-refractivity contribution in [1.29, 1.82) is 0 Å². The lowest BCUT2D eigenvalue weighted by Gasteiger charge is -2.31. The molecule has 6 nitrogen and oxygen atoms in total. The van der Waals surface area contributed by atoms with Crippen molar-refractivity contribution in [2.45, 2.75) is 33.4 Å². The Kier molecular flexibility index (Phi) is 5.83. The molecule has 1 atom stereocenters. The second-order valence-electron chi connectivity index (χ2n) is 9.77. The molecule has 0 radical (unpaired) electrons. The fraction of sp³-hybridized carbons (Fsp3) is 0.161. The number of anilines is 1. The number of fused-ring (bicyclic) bond motifs is 3. The molecule has 2 amide bonds. The van der Waals surface area contributed by atoms with E-state index in [9.17, 15) is 9.18 Å². The zero-order valence-corrected chi connectivity index (χ0v) is 21.5. The Morgan fingerprint density at radius 1 is 0.947 bits per heavy atom. The Morgan fingerprint density at radius 2 is 1.71 bits per heavy atom. The first-order valence-corrected chi connectivity index (χ1v) is 12.6. The topological polar surface area (TPSA) is 55.1 Å². The van der Waals surface area contributed by atoms with Gasteiger partial charge in [0.25, 0.3) is 0 Å². The first-order valence-electron chi connectivity index (χ1n) is 12.6. The summed E-state index contributed by atoms with van der Waals surface area (Å²) in [7, 11) is 0. The molecule has 3 aromatic carbocycles. The van der Waals surface area contributed by atoms with E-state index in [2.05, 4.69) is 34.1 Å². The number of nitrogens with one attached hydrogen (secondary N) is 1. The van der Waals surface area contributed by atoms with Gasteiger partial charge in [0.05, 0.1) is 29.7 Å². The average Bonchev–Trinajstić information content (AvgIpc) is 3.48. The molecule has 6 rings (SSSR count). The molecule has 5 aromatic rings. The summed E-state index contributed by atoms with van der Waals surface area (Å²) in [5.41, 5.74) is 6.74. The smallest absolute Gasteiger partial charge is 0.308 e. The molecule has 1 aliphatic rings. The number of aromatic nitrogens is 3. The van der Waals surface area contributed by atoms with E-state index < -0.39 is 0 Å². The number of halogens is 1. The summed E-state index contributed by atoms with van der Waals surface area (Å²) in [5, 5.41) is 7.82. The van der Waals surface area contributed by atoms with Gasteiger partial charge in [-0.05, 0) is 68.3 Å². The zero-order chi connectivity index (χ0) is 26.4. The van der Waals surface area contributed by atoms with Crippen LogP contribution in [0.2, 0.25) is 0 Å². The van der Waals surface area contributed by atoms with E-state index in [1.54, 1.807) is 19.1 Å². The third kappa shape index (κ3) is 4.06. The lowest BCUT2D eigenvalue weighted by atomic mass is 10.0. The summed E-state index contributed by atoms with van der Waals surface area (Å²) < 4.78 is 18.4. The average molecular weight is 506 g/mol. The zero-order valence-electron chi connectivity index (χ0n) is 21.5. The third-order valence-corrected chi connectivity index (χ3v) is 7.16. The monoisotopic (exact) mass is 505 g/mol. The third-order valence-electron chi connectivity index (χ3n) is 7.16. The van der Waals surface area contributed by atoms with Gasteiger partial charge in [-0.2, -0.15) is 5.10 Å². The molecule has 1 N–H and O–H groups in total. The molecule has 0 spiro atoms. The van der Waals surface area contributed by atoms with E-state index in [4.69, 9.17) is 5.10 Å². The van der Waals surface area contributed by atoms with Crippen LogP contribution in [0.25, 0.3) is 11.5 Å². The van der Waals surface area contributed by atoms with Crippen molar-refractivity contribution in [1.82, 2.24) is 19.2 Å². The Balaban J connectivity index is 1.52. The number of benzene rings is 3. The molecule has 0 fully saturated rings. The molecule has 2 aromatic heterocycles. The first-order chi connectivity index (χ1) is 18.4. The number of urea groups is 1. The Morgan fingerprint density at radius 3 is 2.45 bits per heavy atom. The quantitative estimate of drug-likeness (QED) is 0.291. The maximum absolute atomic E-state index is 14.3.